The molecule has 0 aromatic heterocycles. The highest BCUT2D eigenvalue weighted by Gasteiger charge is 2.25. The van der Waals surface area contributed by atoms with Crippen molar-refractivity contribution in [2.45, 2.75) is 32.4 Å². The van der Waals surface area contributed by atoms with Gasteiger partial charge in [0.05, 0.1) is 0 Å². The minimum atomic E-state index is -3.95. The topological polar surface area (TPSA) is 0 Å². The molecular formula is C5H9Br2F3Mg. The van der Waals surface area contributed by atoms with Crippen molar-refractivity contribution in [1.82, 2.24) is 0 Å². The summed E-state index contributed by atoms with van der Waals surface area (Å²) in [7, 11) is 0. The van der Waals surface area contributed by atoms with Crippen molar-refractivity contribution in [2.75, 3.05) is 0 Å². The van der Waals surface area contributed by atoms with E-state index in [1.54, 1.807) is 6.92 Å². The van der Waals surface area contributed by atoms with E-state index in [1.165, 1.54) is 0 Å². The molecule has 0 aliphatic carbocycles. The van der Waals surface area contributed by atoms with Gasteiger partial charge in [0.15, 0.2) is 0 Å². The van der Waals surface area contributed by atoms with Crippen molar-refractivity contribution >= 4 is 41.8 Å². The molecule has 0 saturated carbocycles. The molecule has 0 fully saturated rings. The summed E-state index contributed by atoms with van der Waals surface area (Å²) in [6, 6.07) is 0. The number of hydrogen-bond donors (Lipinski definition) is 0. The third-order valence-corrected chi connectivity index (χ3v) is 0.814. The standard InChI is InChI=1S/C5H9F3.2BrH.Mg/c1-2-3-4-5(6,7)8;;;/h2-4H2,1H3;2*1H;/q;;;+2/p-2. The lowest BCUT2D eigenvalue weighted by molar-refractivity contribution is -0.135. The second-order valence-electron chi connectivity index (χ2n) is 1.82. The van der Waals surface area contributed by atoms with Crippen molar-refractivity contribution in [3.8, 4) is 0 Å². The van der Waals surface area contributed by atoms with Gasteiger partial charge in [-0.2, -0.15) is 13.2 Å². The quantitative estimate of drug-likeness (QED) is 0.675. The Kier molecular flexibility index (Phi) is 13.1. The summed E-state index contributed by atoms with van der Waals surface area (Å²) >= 11 is 6.44. The maximum absolute atomic E-state index is 11.2. The Balaban J connectivity index is 0. The fourth-order valence-electron chi connectivity index (χ4n) is 0.377. The van der Waals surface area contributed by atoms with Gasteiger partial charge in [-0.1, -0.05) is 13.3 Å². The maximum atomic E-state index is 11.2. The second kappa shape index (κ2) is 9.60. The fraction of sp³-hybridized carbons (Fsp3) is 1.00. The first-order valence-electron chi connectivity index (χ1n) is 3.16. The van der Waals surface area contributed by atoms with Gasteiger partial charge in [0.2, 0.25) is 0 Å². The maximum Gasteiger partial charge on any atom is 0.560 e. The van der Waals surface area contributed by atoms with Crippen LogP contribution in [0.3, 0.4) is 0 Å². The van der Waals surface area contributed by atoms with E-state index >= 15 is 0 Å². The molecule has 0 aromatic rings. The molecule has 11 heavy (non-hydrogen) atoms. The van der Waals surface area contributed by atoms with Crippen molar-refractivity contribution in [2.24, 2.45) is 0 Å². The van der Waals surface area contributed by atoms with E-state index in [9.17, 15) is 13.2 Å². The molecule has 0 radical (unpaired) electrons. The van der Waals surface area contributed by atoms with Crippen LogP contribution in [0, 0.1) is 0 Å². The molecule has 0 heterocycles. The van der Waals surface area contributed by atoms with Crippen molar-refractivity contribution in [3.63, 3.8) is 0 Å². The van der Waals surface area contributed by atoms with Crippen LogP contribution in [0.4, 0.5) is 13.2 Å². The molecule has 66 valence electrons. The highest BCUT2D eigenvalue weighted by molar-refractivity contribution is 9.47. The summed E-state index contributed by atoms with van der Waals surface area (Å²) in [5.41, 5.74) is 0. The molecule has 0 nitrogen and oxygen atoms in total. The predicted octanol–water partition coefficient (Wildman–Crippen LogP) is 4.05. The molecule has 0 aromatic carbocycles. The second-order valence-corrected chi connectivity index (χ2v) is 9.90. The molecule has 0 aliphatic heterocycles. The average Bonchev–Trinajstić information content (AvgIpc) is 1.84. The number of hydrogen-bond acceptors (Lipinski definition) is 0. The van der Waals surface area contributed by atoms with Crippen LogP contribution in [-0.2, 0) is 0 Å². The minimum absolute atomic E-state index is 0.0417. The van der Waals surface area contributed by atoms with Crippen molar-refractivity contribution < 1.29 is 13.2 Å². The largest absolute Gasteiger partial charge is 0.560 e. The van der Waals surface area contributed by atoms with Gasteiger partial charge in [-0.15, -0.1) is 0 Å². The van der Waals surface area contributed by atoms with Gasteiger partial charge >= 0.3 is 22.2 Å². The molecule has 0 amide bonds. The molecule has 6 heteroatoms. The Bertz CT molecular complexity index is 76.6. The first kappa shape index (κ1) is 15.0. The highest BCUT2D eigenvalue weighted by atomic mass is 79.9. The van der Waals surface area contributed by atoms with E-state index in [1.807, 2.05) is 0 Å². The van der Waals surface area contributed by atoms with Crippen LogP contribution in [0.1, 0.15) is 26.2 Å². The van der Waals surface area contributed by atoms with E-state index in [-0.39, 0.29) is 22.4 Å². The summed E-state index contributed by atoms with van der Waals surface area (Å²) in [6.45, 7) is 1.74. The van der Waals surface area contributed by atoms with Crippen LogP contribution in [0.2, 0.25) is 0 Å². The third-order valence-electron chi connectivity index (χ3n) is 0.814. The smallest absolute Gasteiger partial charge is 0.280 e. The van der Waals surface area contributed by atoms with Crippen LogP contribution in [0.25, 0.3) is 0 Å². The number of halogens is 5. The molecule has 0 aliphatic rings. The average molecular weight is 310 g/mol. The Morgan fingerprint density at radius 3 is 1.73 bits per heavy atom. The van der Waals surface area contributed by atoms with E-state index in [4.69, 9.17) is 0 Å². The summed E-state index contributed by atoms with van der Waals surface area (Å²) in [4.78, 5) is 0. The Hall–Kier alpha value is 1.52. The summed E-state index contributed by atoms with van der Waals surface area (Å²) in [6.07, 6.45) is -3.72. The monoisotopic (exact) mass is 308 g/mol. The van der Waals surface area contributed by atoms with Crippen molar-refractivity contribution in [1.29, 1.82) is 0 Å². The lowest BCUT2D eigenvalue weighted by Gasteiger charge is -2.02. The van der Waals surface area contributed by atoms with Gasteiger partial charge < -0.3 is 0 Å². The van der Waals surface area contributed by atoms with Crippen LogP contribution >= 0.6 is 25.8 Å². The normalized spacial score (nSPS) is 9.64. The fourth-order valence-corrected chi connectivity index (χ4v) is 0.377. The van der Waals surface area contributed by atoms with E-state index < -0.39 is 12.6 Å². The van der Waals surface area contributed by atoms with E-state index in [2.05, 4.69) is 25.8 Å². The summed E-state index contributed by atoms with van der Waals surface area (Å²) in [5, 5.41) is 0. The van der Waals surface area contributed by atoms with E-state index in [0.29, 0.717) is 6.42 Å². The first-order chi connectivity index (χ1) is 4.97. The van der Waals surface area contributed by atoms with Gasteiger partial charge in [-0.3, -0.25) is 25.8 Å². The van der Waals surface area contributed by atoms with Crippen LogP contribution < -0.4 is 0 Å². The molecule has 0 atom stereocenters. The molecular weight excluding hydrogens is 301 g/mol. The lowest BCUT2D eigenvalue weighted by Crippen LogP contribution is -2.05. The Morgan fingerprint density at radius 2 is 1.64 bits per heavy atom. The lowest BCUT2D eigenvalue weighted by atomic mass is 10.2. The van der Waals surface area contributed by atoms with Gasteiger partial charge in [-0.25, -0.2) is 0 Å². The SMILES string of the molecule is CCCCC(F)(F)F.[Br][Mg][Br]. The first-order valence-corrected chi connectivity index (χ1v) is 11.0. The summed E-state index contributed by atoms with van der Waals surface area (Å²) in [5.74, 6) is 0. The Morgan fingerprint density at radius 1 is 1.27 bits per heavy atom. The Labute approximate surface area is 86.8 Å². The molecule has 0 rings (SSSR count). The van der Waals surface area contributed by atoms with Gasteiger partial charge in [-0.05, 0) is 6.42 Å². The van der Waals surface area contributed by atoms with Gasteiger partial charge in [0, 0.05) is 6.42 Å². The zero-order valence-corrected chi connectivity index (χ0v) is 10.8. The van der Waals surface area contributed by atoms with Gasteiger partial charge in [0.25, 0.3) is 0 Å². The van der Waals surface area contributed by atoms with Gasteiger partial charge in [0.1, 0.15) is 0 Å². The van der Waals surface area contributed by atoms with E-state index in [0.717, 1.165) is 0 Å². The number of rotatable bonds is 2. The molecule has 0 unspecified atom stereocenters. The van der Waals surface area contributed by atoms with Crippen molar-refractivity contribution in [3.05, 3.63) is 0 Å². The highest BCUT2D eigenvalue weighted by Crippen LogP contribution is 2.21. The molecule has 0 spiro atoms. The molecule has 0 N–H and O–H groups in total. The predicted molar refractivity (Wildman–Crippen MR) is 49.2 cm³/mol. The minimum Gasteiger partial charge on any atom is -0.280 e. The number of unbranched alkanes of at least 4 members (excludes halogenated alkanes) is 1. The zero-order chi connectivity index (χ0) is 9.33. The van der Waals surface area contributed by atoms with Crippen LogP contribution in [0.5, 0.6) is 0 Å². The summed E-state index contributed by atoms with van der Waals surface area (Å²) < 4.78 is 33.7. The molecule has 0 saturated heterocycles. The van der Waals surface area contributed by atoms with Crippen LogP contribution in [0.15, 0.2) is 0 Å². The molecule has 0 bridgehead atoms. The number of alkyl halides is 3. The zero-order valence-electron chi connectivity index (χ0n) is 6.22. The third kappa shape index (κ3) is 24.6. The van der Waals surface area contributed by atoms with Crippen LogP contribution in [-0.4, -0.2) is 22.2 Å².